The number of amides is 1. The molecule has 1 fully saturated rings. The lowest BCUT2D eigenvalue weighted by molar-refractivity contribution is -0.153. The largest absolute Gasteiger partial charge is 0.385 e. The minimum absolute atomic E-state index is 0.0439. The molecular weight excluding hydrogens is 364 g/mol. The molecule has 1 saturated heterocycles. The maximum atomic E-state index is 11.6. The number of benzene rings is 2. The molecule has 2 aliphatic heterocycles. The third-order valence-electron chi connectivity index (χ3n) is 6.66. The van der Waals surface area contributed by atoms with Crippen molar-refractivity contribution in [3.8, 4) is 0 Å². The number of hydrogen-bond acceptors (Lipinski definition) is 4. The number of aliphatic hydroxyl groups is 2. The molecule has 5 heteroatoms. The number of nitrogens with zero attached hydrogens (tertiary/aromatic N) is 1. The van der Waals surface area contributed by atoms with Crippen LogP contribution in [0, 0.1) is 6.92 Å². The number of piperidine rings is 1. The molecule has 0 aliphatic carbocycles. The van der Waals surface area contributed by atoms with Crippen molar-refractivity contribution in [1.29, 1.82) is 0 Å². The predicted molar refractivity (Wildman–Crippen MR) is 113 cm³/mol. The van der Waals surface area contributed by atoms with Gasteiger partial charge in [0.2, 0.25) is 5.91 Å². The Hall–Kier alpha value is -2.21. The van der Waals surface area contributed by atoms with E-state index in [2.05, 4.69) is 10.2 Å². The minimum atomic E-state index is -1.08. The molecule has 0 bridgehead atoms. The third kappa shape index (κ3) is 3.70. The predicted octanol–water partition coefficient (Wildman–Crippen LogP) is 3.42. The summed E-state index contributed by atoms with van der Waals surface area (Å²) in [5, 5.41) is 25.7. The van der Waals surface area contributed by atoms with Crippen LogP contribution in [0.2, 0.25) is 0 Å². The third-order valence-corrected chi connectivity index (χ3v) is 6.66. The first-order valence-electron chi connectivity index (χ1n) is 10.5. The molecule has 0 aromatic heterocycles. The number of anilines is 1. The number of rotatable bonds is 4. The molecule has 0 spiro atoms. The standard InChI is InChI=1S/C24H30N2O3/c1-3-24(29,20-9-10-21-18(16-20)6-11-22(27)25-21)26-14-12-23(28,13-15-26)19-7-4-17(2)5-8-19/h4-5,7-10,16,28-29H,3,6,11-15H2,1-2H3,(H,25,27)/t24-/m0/s1. The zero-order valence-electron chi connectivity index (χ0n) is 17.2. The number of hydrogen-bond donors (Lipinski definition) is 3. The van der Waals surface area contributed by atoms with Gasteiger partial charge in [0, 0.05) is 25.2 Å². The quantitative estimate of drug-likeness (QED) is 0.743. The van der Waals surface area contributed by atoms with E-state index < -0.39 is 11.3 Å². The molecule has 154 valence electrons. The SMILES string of the molecule is CC[C@](O)(c1ccc2c(c1)CCC(=O)N2)N1CCC(O)(c2ccc(C)cc2)CC1. The monoisotopic (exact) mass is 394 g/mol. The Balaban J connectivity index is 1.54. The van der Waals surface area contributed by atoms with Gasteiger partial charge < -0.3 is 15.5 Å². The summed E-state index contributed by atoms with van der Waals surface area (Å²) in [5.41, 5.74) is 2.98. The minimum Gasteiger partial charge on any atom is -0.385 e. The summed E-state index contributed by atoms with van der Waals surface area (Å²) in [6.45, 7) is 5.26. The highest BCUT2D eigenvalue weighted by molar-refractivity contribution is 5.93. The van der Waals surface area contributed by atoms with E-state index in [-0.39, 0.29) is 5.91 Å². The van der Waals surface area contributed by atoms with Crippen molar-refractivity contribution in [2.75, 3.05) is 18.4 Å². The maximum absolute atomic E-state index is 11.6. The summed E-state index contributed by atoms with van der Waals surface area (Å²) in [6.07, 6.45) is 2.90. The molecule has 0 radical (unpaired) electrons. The first kappa shape index (κ1) is 20.1. The van der Waals surface area contributed by atoms with E-state index in [1.165, 1.54) is 5.56 Å². The van der Waals surface area contributed by atoms with Gasteiger partial charge in [0.05, 0.1) is 5.60 Å². The van der Waals surface area contributed by atoms with E-state index in [1.807, 2.05) is 56.3 Å². The number of carbonyl (C=O) groups excluding carboxylic acids is 1. The molecule has 2 heterocycles. The van der Waals surface area contributed by atoms with Gasteiger partial charge >= 0.3 is 0 Å². The van der Waals surface area contributed by atoms with Crippen LogP contribution >= 0.6 is 0 Å². The van der Waals surface area contributed by atoms with Crippen LogP contribution < -0.4 is 5.32 Å². The molecule has 2 aromatic carbocycles. The molecule has 29 heavy (non-hydrogen) atoms. The van der Waals surface area contributed by atoms with Crippen LogP contribution in [0.3, 0.4) is 0 Å². The summed E-state index contributed by atoms with van der Waals surface area (Å²) < 4.78 is 0. The lowest BCUT2D eigenvalue weighted by atomic mass is 9.82. The first-order chi connectivity index (χ1) is 13.8. The molecule has 1 amide bonds. The average Bonchev–Trinajstić information content (AvgIpc) is 2.73. The second kappa shape index (κ2) is 7.56. The van der Waals surface area contributed by atoms with E-state index in [0.717, 1.165) is 22.4 Å². The Morgan fingerprint density at radius 2 is 1.79 bits per heavy atom. The molecule has 2 aliphatic rings. The lowest BCUT2D eigenvalue weighted by Crippen LogP contribution is -2.52. The van der Waals surface area contributed by atoms with Crippen molar-refractivity contribution in [3.05, 3.63) is 64.7 Å². The molecule has 0 saturated carbocycles. The number of aryl methyl sites for hydroxylation is 2. The second-order valence-corrected chi connectivity index (χ2v) is 8.47. The van der Waals surface area contributed by atoms with Gasteiger partial charge in [-0.15, -0.1) is 0 Å². The Labute approximate surface area is 172 Å². The first-order valence-corrected chi connectivity index (χ1v) is 10.5. The zero-order chi connectivity index (χ0) is 20.6. The van der Waals surface area contributed by atoms with E-state index in [9.17, 15) is 15.0 Å². The van der Waals surface area contributed by atoms with Gasteiger partial charge in [-0.25, -0.2) is 0 Å². The van der Waals surface area contributed by atoms with Gasteiger partial charge in [-0.1, -0.05) is 42.8 Å². The van der Waals surface area contributed by atoms with Gasteiger partial charge in [0.25, 0.3) is 0 Å². The molecule has 2 aromatic rings. The highest BCUT2D eigenvalue weighted by Crippen LogP contribution is 2.39. The van der Waals surface area contributed by atoms with Crippen LogP contribution in [0.4, 0.5) is 5.69 Å². The van der Waals surface area contributed by atoms with E-state index in [4.69, 9.17) is 0 Å². The second-order valence-electron chi connectivity index (χ2n) is 8.47. The Morgan fingerprint density at radius 1 is 1.10 bits per heavy atom. The summed E-state index contributed by atoms with van der Waals surface area (Å²) in [7, 11) is 0. The fourth-order valence-corrected chi connectivity index (χ4v) is 4.64. The van der Waals surface area contributed by atoms with Crippen molar-refractivity contribution in [2.45, 2.75) is 57.3 Å². The zero-order valence-corrected chi connectivity index (χ0v) is 17.2. The van der Waals surface area contributed by atoms with Crippen molar-refractivity contribution >= 4 is 11.6 Å². The summed E-state index contributed by atoms with van der Waals surface area (Å²) in [5.74, 6) is 0.0439. The van der Waals surface area contributed by atoms with Crippen molar-refractivity contribution < 1.29 is 15.0 Å². The normalized spacial score (nSPS) is 21.2. The highest BCUT2D eigenvalue weighted by atomic mass is 16.3. The van der Waals surface area contributed by atoms with Gasteiger partial charge in [0.1, 0.15) is 5.72 Å². The highest BCUT2D eigenvalue weighted by Gasteiger charge is 2.42. The van der Waals surface area contributed by atoms with Crippen molar-refractivity contribution in [1.82, 2.24) is 4.90 Å². The fraction of sp³-hybridized carbons (Fsp3) is 0.458. The Kier molecular flexibility index (Phi) is 5.23. The van der Waals surface area contributed by atoms with Crippen LogP contribution in [0.5, 0.6) is 0 Å². The number of likely N-dealkylation sites (tertiary alicyclic amines) is 1. The lowest BCUT2D eigenvalue weighted by Gasteiger charge is -2.46. The molecule has 5 nitrogen and oxygen atoms in total. The van der Waals surface area contributed by atoms with Gasteiger partial charge in [-0.05, 0) is 61.4 Å². The van der Waals surface area contributed by atoms with Crippen LogP contribution in [0.1, 0.15) is 54.9 Å². The molecule has 1 atom stereocenters. The molecule has 0 unspecified atom stereocenters. The van der Waals surface area contributed by atoms with Gasteiger partial charge in [-0.2, -0.15) is 0 Å². The Bertz CT molecular complexity index is 901. The fourth-order valence-electron chi connectivity index (χ4n) is 4.64. The van der Waals surface area contributed by atoms with Crippen LogP contribution in [0.15, 0.2) is 42.5 Å². The van der Waals surface area contributed by atoms with E-state index in [0.29, 0.717) is 45.2 Å². The van der Waals surface area contributed by atoms with Crippen LogP contribution in [-0.4, -0.2) is 34.1 Å². The van der Waals surface area contributed by atoms with E-state index in [1.54, 1.807) is 0 Å². The summed E-state index contributed by atoms with van der Waals surface area (Å²) in [4.78, 5) is 13.7. The Morgan fingerprint density at radius 3 is 2.45 bits per heavy atom. The summed E-state index contributed by atoms with van der Waals surface area (Å²) >= 11 is 0. The topological polar surface area (TPSA) is 72.8 Å². The molecule has 4 rings (SSSR count). The van der Waals surface area contributed by atoms with Gasteiger partial charge in [0.15, 0.2) is 0 Å². The van der Waals surface area contributed by atoms with Crippen LogP contribution in [-0.2, 0) is 22.5 Å². The number of carbonyl (C=O) groups is 1. The number of fused-ring (bicyclic) bond motifs is 1. The van der Waals surface area contributed by atoms with Crippen molar-refractivity contribution in [2.24, 2.45) is 0 Å². The van der Waals surface area contributed by atoms with E-state index >= 15 is 0 Å². The summed E-state index contributed by atoms with van der Waals surface area (Å²) in [6, 6.07) is 13.9. The van der Waals surface area contributed by atoms with Crippen LogP contribution in [0.25, 0.3) is 0 Å². The van der Waals surface area contributed by atoms with Crippen molar-refractivity contribution in [3.63, 3.8) is 0 Å². The molecular formula is C24H30N2O3. The smallest absolute Gasteiger partial charge is 0.224 e. The number of nitrogens with one attached hydrogen (secondary N) is 1. The average molecular weight is 395 g/mol. The molecule has 3 N–H and O–H groups in total. The van der Waals surface area contributed by atoms with Gasteiger partial charge in [-0.3, -0.25) is 9.69 Å². The maximum Gasteiger partial charge on any atom is 0.224 e.